The maximum atomic E-state index is 12.2. The van der Waals surface area contributed by atoms with Gasteiger partial charge in [0.2, 0.25) is 5.95 Å². The number of benzene rings is 1. The van der Waals surface area contributed by atoms with Crippen LogP contribution in [-0.2, 0) is 6.54 Å². The number of fused-ring (bicyclic) bond motifs is 1. The van der Waals surface area contributed by atoms with E-state index in [2.05, 4.69) is 26.3 Å². The fraction of sp³-hybridized carbons (Fsp3) is 0.133. The van der Waals surface area contributed by atoms with Crippen molar-refractivity contribution in [3.8, 4) is 6.07 Å². The summed E-state index contributed by atoms with van der Waals surface area (Å²) in [5.74, 6) is 0.0434. The van der Waals surface area contributed by atoms with Gasteiger partial charge in [0, 0.05) is 18.9 Å². The summed E-state index contributed by atoms with van der Waals surface area (Å²) in [6, 6.07) is 7.32. The van der Waals surface area contributed by atoms with Crippen LogP contribution in [0.15, 0.2) is 36.8 Å². The van der Waals surface area contributed by atoms with Crippen molar-refractivity contribution in [2.75, 3.05) is 5.32 Å². The van der Waals surface area contributed by atoms with E-state index in [9.17, 15) is 4.79 Å². The van der Waals surface area contributed by atoms with Crippen LogP contribution in [-0.4, -0.2) is 25.4 Å². The lowest BCUT2D eigenvalue weighted by Gasteiger charge is -2.06. The number of rotatable bonds is 3. The predicted octanol–water partition coefficient (Wildman–Crippen LogP) is 1.97. The molecule has 0 aliphatic carbocycles. The molecular weight excluding hydrogens is 280 g/mol. The van der Waals surface area contributed by atoms with E-state index in [1.807, 2.05) is 17.6 Å². The third kappa shape index (κ3) is 2.38. The Morgan fingerprint density at radius 2 is 2.27 bits per heavy atom. The van der Waals surface area contributed by atoms with E-state index in [4.69, 9.17) is 5.26 Å². The number of anilines is 1. The van der Waals surface area contributed by atoms with Gasteiger partial charge in [-0.05, 0) is 25.1 Å². The highest BCUT2D eigenvalue weighted by Gasteiger charge is 2.14. The molecule has 0 atom stereocenters. The van der Waals surface area contributed by atoms with Crippen LogP contribution in [0.2, 0.25) is 0 Å². The summed E-state index contributed by atoms with van der Waals surface area (Å²) in [5.41, 5.74) is 2.27. The lowest BCUT2D eigenvalue weighted by atomic mass is 10.2. The second kappa shape index (κ2) is 5.61. The molecule has 0 saturated carbocycles. The van der Waals surface area contributed by atoms with Crippen LogP contribution in [0.3, 0.4) is 0 Å². The maximum Gasteiger partial charge on any atom is 0.278 e. The van der Waals surface area contributed by atoms with Crippen molar-refractivity contribution in [1.82, 2.24) is 19.5 Å². The molecule has 108 valence electrons. The van der Waals surface area contributed by atoms with Crippen LogP contribution in [0.5, 0.6) is 0 Å². The zero-order valence-corrected chi connectivity index (χ0v) is 11.8. The molecule has 0 radical (unpaired) electrons. The van der Waals surface area contributed by atoms with Gasteiger partial charge in [0.1, 0.15) is 5.69 Å². The average Bonchev–Trinajstić information content (AvgIpc) is 2.91. The summed E-state index contributed by atoms with van der Waals surface area (Å²) in [6.07, 6.45) is 4.35. The Labute approximate surface area is 126 Å². The first-order valence-corrected chi connectivity index (χ1v) is 6.70. The fourth-order valence-electron chi connectivity index (χ4n) is 2.20. The van der Waals surface area contributed by atoms with Gasteiger partial charge in [-0.2, -0.15) is 5.26 Å². The van der Waals surface area contributed by atoms with Crippen LogP contribution in [0, 0.1) is 11.3 Å². The number of nitrogens with one attached hydrogen (secondary N) is 1. The number of hydrogen-bond donors (Lipinski definition) is 1. The molecular formula is C15H12N6O. The van der Waals surface area contributed by atoms with E-state index < -0.39 is 0 Å². The Morgan fingerprint density at radius 1 is 1.41 bits per heavy atom. The zero-order chi connectivity index (χ0) is 15.5. The molecule has 1 N–H and O–H groups in total. The van der Waals surface area contributed by atoms with E-state index >= 15 is 0 Å². The number of hydrogen-bond acceptors (Lipinski definition) is 5. The molecule has 0 aliphatic rings. The highest BCUT2D eigenvalue weighted by molar-refractivity contribution is 6.02. The molecule has 1 aromatic carbocycles. The number of aromatic nitrogens is 4. The molecule has 1 amide bonds. The summed E-state index contributed by atoms with van der Waals surface area (Å²) < 4.78 is 1.87. The third-order valence-electron chi connectivity index (χ3n) is 3.21. The summed E-state index contributed by atoms with van der Waals surface area (Å²) >= 11 is 0. The van der Waals surface area contributed by atoms with Crippen molar-refractivity contribution in [2.45, 2.75) is 13.5 Å². The number of aryl methyl sites for hydroxylation is 1. The zero-order valence-electron chi connectivity index (χ0n) is 11.8. The summed E-state index contributed by atoms with van der Waals surface area (Å²) in [7, 11) is 0. The lowest BCUT2D eigenvalue weighted by Crippen LogP contribution is -2.17. The first-order valence-electron chi connectivity index (χ1n) is 6.70. The second-order valence-electron chi connectivity index (χ2n) is 4.54. The van der Waals surface area contributed by atoms with Gasteiger partial charge in [0.25, 0.3) is 5.91 Å². The summed E-state index contributed by atoms with van der Waals surface area (Å²) in [4.78, 5) is 24.4. The smallest absolute Gasteiger partial charge is 0.278 e. The molecule has 0 fully saturated rings. The number of carbonyl (C=O) groups is 1. The minimum atomic E-state index is -0.376. The van der Waals surface area contributed by atoms with Gasteiger partial charge in [0.05, 0.1) is 28.9 Å². The van der Waals surface area contributed by atoms with Crippen LogP contribution in [0.4, 0.5) is 5.95 Å². The van der Waals surface area contributed by atoms with Crippen LogP contribution in [0.25, 0.3) is 11.0 Å². The van der Waals surface area contributed by atoms with E-state index in [-0.39, 0.29) is 11.6 Å². The van der Waals surface area contributed by atoms with Gasteiger partial charge in [-0.25, -0.2) is 9.97 Å². The number of nitriles is 1. The van der Waals surface area contributed by atoms with E-state index in [1.54, 1.807) is 12.1 Å². The Bertz CT molecular complexity index is 878. The molecule has 0 unspecified atom stereocenters. The van der Waals surface area contributed by atoms with Crippen molar-refractivity contribution in [2.24, 2.45) is 0 Å². The highest BCUT2D eigenvalue weighted by Crippen LogP contribution is 2.21. The molecule has 7 heteroatoms. The molecule has 0 spiro atoms. The second-order valence-corrected chi connectivity index (χ2v) is 4.54. The molecule has 0 aliphatic heterocycles. The minimum absolute atomic E-state index is 0.218. The molecule has 0 bridgehead atoms. The van der Waals surface area contributed by atoms with Gasteiger partial charge < -0.3 is 4.57 Å². The summed E-state index contributed by atoms with van der Waals surface area (Å²) in [5, 5.41) is 11.7. The van der Waals surface area contributed by atoms with Gasteiger partial charge in [-0.15, -0.1) is 0 Å². The van der Waals surface area contributed by atoms with E-state index in [0.717, 1.165) is 5.52 Å². The SMILES string of the molecule is CCn1c(NC(=O)c2cnccn2)nc2cc(C#N)ccc21. The Hall–Kier alpha value is -3.27. The first-order chi connectivity index (χ1) is 10.7. The number of imidazole rings is 1. The number of nitrogens with zero attached hydrogens (tertiary/aromatic N) is 5. The Balaban J connectivity index is 2.00. The van der Waals surface area contributed by atoms with Gasteiger partial charge in [-0.1, -0.05) is 0 Å². The lowest BCUT2D eigenvalue weighted by molar-refractivity contribution is 0.102. The van der Waals surface area contributed by atoms with Gasteiger partial charge in [0.15, 0.2) is 0 Å². The first kappa shape index (κ1) is 13.7. The topological polar surface area (TPSA) is 96.5 Å². The molecule has 22 heavy (non-hydrogen) atoms. The molecule has 2 heterocycles. The highest BCUT2D eigenvalue weighted by atomic mass is 16.2. The summed E-state index contributed by atoms with van der Waals surface area (Å²) in [6.45, 7) is 2.59. The molecule has 3 aromatic rings. The van der Waals surface area contributed by atoms with Crippen LogP contribution < -0.4 is 5.32 Å². The third-order valence-corrected chi connectivity index (χ3v) is 3.21. The quantitative estimate of drug-likeness (QED) is 0.796. The Morgan fingerprint density at radius 3 is 2.95 bits per heavy atom. The van der Waals surface area contributed by atoms with E-state index in [1.165, 1.54) is 18.6 Å². The number of carbonyl (C=O) groups excluding carboxylic acids is 1. The van der Waals surface area contributed by atoms with Crippen LogP contribution >= 0.6 is 0 Å². The molecule has 3 rings (SSSR count). The maximum absolute atomic E-state index is 12.2. The monoisotopic (exact) mass is 292 g/mol. The van der Waals surface area contributed by atoms with Crippen molar-refractivity contribution >= 4 is 22.9 Å². The van der Waals surface area contributed by atoms with Gasteiger partial charge >= 0.3 is 0 Å². The Kier molecular flexibility index (Phi) is 3.50. The standard InChI is InChI=1S/C15H12N6O/c1-2-21-13-4-3-10(8-16)7-11(13)19-15(21)20-14(22)12-9-17-5-6-18-12/h3-7,9H,2H2,1H3,(H,19,20,22). The predicted molar refractivity (Wildman–Crippen MR) is 80.1 cm³/mol. The van der Waals surface area contributed by atoms with E-state index in [0.29, 0.717) is 23.6 Å². The van der Waals surface area contributed by atoms with Crippen molar-refractivity contribution in [3.05, 3.63) is 48.0 Å². The molecule has 2 aromatic heterocycles. The number of amides is 1. The van der Waals surface area contributed by atoms with Crippen molar-refractivity contribution in [1.29, 1.82) is 5.26 Å². The van der Waals surface area contributed by atoms with Crippen molar-refractivity contribution < 1.29 is 4.79 Å². The van der Waals surface area contributed by atoms with Crippen LogP contribution in [0.1, 0.15) is 23.0 Å². The molecule has 0 saturated heterocycles. The largest absolute Gasteiger partial charge is 0.310 e. The molecule has 7 nitrogen and oxygen atoms in total. The van der Waals surface area contributed by atoms with Gasteiger partial charge in [-0.3, -0.25) is 15.1 Å². The average molecular weight is 292 g/mol. The normalized spacial score (nSPS) is 10.4. The minimum Gasteiger partial charge on any atom is -0.310 e. The van der Waals surface area contributed by atoms with Crippen molar-refractivity contribution in [3.63, 3.8) is 0 Å². The fourth-order valence-corrected chi connectivity index (χ4v) is 2.20.